The van der Waals surface area contributed by atoms with Crippen molar-refractivity contribution < 1.29 is 9.72 Å². The summed E-state index contributed by atoms with van der Waals surface area (Å²) in [5.41, 5.74) is 0.354. The lowest BCUT2D eigenvalue weighted by Crippen LogP contribution is -2.31. The number of carbonyl (C=O) groups excluding carboxylic acids is 1. The molecular weight excluding hydrogens is 222 g/mol. The van der Waals surface area contributed by atoms with Crippen molar-refractivity contribution in [1.29, 1.82) is 0 Å². The topological polar surface area (TPSA) is 84.3 Å². The normalized spacial score (nSPS) is 10.1. The van der Waals surface area contributed by atoms with Gasteiger partial charge in [-0.2, -0.15) is 0 Å². The van der Waals surface area contributed by atoms with E-state index in [4.69, 9.17) is 0 Å². The summed E-state index contributed by atoms with van der Waals surface area (Å²) in [6.45, 7) is 4.52. The van der Waals surface area contributed by atoms with Gasteiger partial charge in [0.2, 0.25) is 0 Å². The molecule has 0 atom stereocenters. The van der Waals surface area contributed by atoms with Crippen molar-refractivity contribution >= 4 is 17.4 Å². The van der Waals surface area contributed by atoms with Crippen molar-refractivity contribution in [3.8, 4) is 0 Å². The zero-order valence-electron chi connectivity index (χ0n) is 9.77. The predicted molar refractivity (Wildman–Crippen MR) is 65.0 cm³/mol. The molecule has 0 spiro atoms. The van der Waals surface area contributed by atoms with E-state index < -0.39 is 4.92 Å². The van der Waals surface area contributed by atoms with Crippen LogP contribution in [0.3, 0.4) is 0 Å². The molecule has 6 heteroatoms. The number of nitro benzene ring substituents is 1. The highest BCUT2D eigenvalue weighted by molar-refractivity contribution is 5.89. The summed E-state index contributed by atoms with van der Waals surface area (Å²) < 4.78 is 0. The molecule has 0 aromatic heterocycles. The number of amides is 2. The number of benzene rings is 1. The van der Waals surface area contributed by atoms with Gasteiger partial charge in [-0.3, -0.25) is 10.1 Å². The molecule has 0 saturated carbocycles. The number of urea groups is 1. The van der Waals surface area contributed by atoms with Crippen LogP contribution in [0.4, 0.5) is 16.2 Å². The summed E-state index contributed by atoms with van der Waals surface area (Å²) >= 11 is 0. The second-order valence-corrected chi connectivity index (χ2v) is 4.04. The first-order valence-corrected chi connectivity index (χ1v) is 5.28. The Labute approximate surface area is 99.2 Å². The Balaban J connectivity index is 2.59. The zero-order valence-corrected chi connectivity index (χ0v) is 9.77. The minimum absolute atomic E-state index is 0.0494. The van der Waals surface area contributed by atoms with Crippen molar-refractivity contribution in [3.05, 3.63) is 34.4 Å². The van der Waals surface area contributed by atoms with Crippen molar-refractivity contribution in [2.45, 2.75) is 13.8 Å². The standard InChI is InChI=1S/C11H15N3O3/c1-8(2)7-12-11(15)13-9-4-3-5-10(6-9)14(16)17/h3-6,8H,7H2,1-2H3,(H2,12,13,15). The summed E-state index contributed by atoms with van der Waals surface area (Å²) in [5, 5.41) is 15.7. The Morgan fingerprint density at radius 3 is 2.76 bits per heavy atom. The van der Waals surface area contributed by atoms with Gasteiger partial charge < -0.3 is 10.6 Å². The molecule has 0 fully saturated rings. The molecule has 0 unspecified atom stereocenters. The number of hydrogen-bond acceptors (Lipinski definition) is 3. The molecule has 6 nitrogen and oxygen atoms in total. The van der Waals surface area contributed by atoms with E-state index in [1.54, 1.807) is 6.07 Å². The number of anilines is 1. The zero-order chi connectivity index (χ0) is 12.8. The molecule has 17 heavy (non-hydrogen) atoms. The largest absolute Gasteiger partial charge is 0.338 e. The molecule has 2 amide bonds. The van der Waals surface area contributed by atoms with Crippen LogP contribution in [0, 0.1) is 16.0 Å². The monoisotopic (exact) mass is 237 g/mol. The Hall–Kier alpha value is -2.11. The first-order chi connectivity index (χ1) is 7.99. The lowest BCUT2D eigenvalue weighted by Gasteiger charge is -2.09. The van der Waals surface area contributed by atoms with E-state index in [-0.39, 0.29) is 11.7 Å². The molecule has 1 aromatic carbocycles. The van der Waals surface area contributed by atoms with Gasteiger partial charge in [0, 0.05) is 24.4 Å². The maximum Gasteiger partial charge on any atom is 0.319 e. The Kier molecular flexibility index (Phi) is 4.45. The SMILES string of the molecule is CC(C)CNC(=O)Nc1cccc([N+](=O)[O-])c1. The van der Waals surface area contributed by atoms with Crippen LogP contribution in [0.2, 0.25) is 0 Å². The van der Waals surface area contributed by atoms with E-state index in [1.165, 1.54) is 18.2 Å². The molecular formula is C11H15N3O3. The van der Waals surface area contributed by atoms with Gasteiger partial charge >= 0.3 is 6.03 Å². The maximum absolute atomic E-state index is 11.4. The maximum atomic E-state index is 11.4. The predicted octanol–water partition coefficient (Wildman–Crippen LogP) is 2.37. The van der Waals surface area contributed by atoms with Gasteiger partial charge in [0.15, 0.2) is 0 Å². The lowest BCUT2D eigenvalue weighted by molar-refractivity contribution is -0.384. The second kappa shape index (κ2) is 5.83. The highest BCUT2D eigenvalue weighted by Gasteiger charge is 2.07. The summed E-state index contributed by atoms with van der Waals surface area (Å²) in [6, 6.07) is 5.45. The third kappa shape index (κ3) is 4.50. The van der Waals surface area contributed by atoms with Gasteiger partial charge in [0.05, 0.1) is 4.92 Å². The molecule has 0 heterocycles. The molecule has 0 aliphatic rings. The molecule has 2 N–H and O–H groups in total. The van der Waals surface area contributed by atoms with E-state index in [9.17, 15) is 14.9 Å². The van der Waals surface area contributed by atoms with Crippen LogP contribution in [0.5, 0.6) is 0 Å². The summed E-state index contributed by atoms with van der Waals surface area (Å²) in [7, 11) is 0. The average molecular weight is 237 g/mol. The molecule has 1 rings (SSSR count). The number of non-ortho nitro benzene ring substituents is 1. The quantitative estimate of drug-likeness (QED) is 0.622. The van der Waals surface area contributed by atoms with Crippen molar-refractivity contribution in [3.63, 3.8) is 0 Å². The summed E-state index contributed by atoms with van der Waals surface area (Å²) in [4.78, 5) is 21.4. The van der Waals surface area contributed by atoms with Crippen LogP contribution in [-0.2, 0) is 0 Å². The third-order valence-electron chi connectivity index (χ3n) is 1.99. The van der Waals surface area contributed by atoms with Crippen molar-refractivity contribution in [2.24, 2.45) is 5.92 Å². The highest BCUT2D eigenvalue weighted by Crippen LogP contribution is 2.16. The number of hydrogen-bond donors (Lipinski definition) is 2. The molecule has 92 valence electrons. The van der Waals surface area contributed by atoms with Gasteiger partial charge in [0.25, 0.3) is 5.69 Å². The summed E-state index contributed by atoms with van der Waals surface area (Å²) in [5.74, 6) is 0.353. The van der Waals surface area contributed by atoms with E-state index in [1.807, 2.05) is 13.8 Å². The average Bonchev–Trinajstić information content (AvgIpc) is 2.26. The molecule has 0 aliphatic carbocycles. The first kappa shape index (κ1) is 13.0. The molecule has 0 bridgehead atoms. The smallest absolute Gasteiger partial charge is 0.319 e. The van der Waals surface area contributed by atoms with Crippen molar-refractivity contribution in [2.75, 3.05) is 11.9 Å². The van der Waals surface area contributed by atoms with Crippen LogP contribution in [0.25, 0.3) is 0 Å². The highest BCUT2D eigenvalue weighted by atomic mass is 16.6. The summed E-state index contributed by atoms with van der Waals surface area (Å²) in [6.07, 6.45) is 0. The van der Waals surface area contributed by atoms with Crippen LogP contribution >= 0.6 is 0 Å². The molecule has 0 radical (unpaired) electrons. The van der Waals surface area contributed by atoms with Crippen LogP contribution in [0.15, 0.2) is 24.3 Å². The lowest BCUT2D eigenvalue weighted by atomic mass is 10.2. The minimum atomic E-state index is -0.503. The number of nitrogens with zero attached hydrogens (tertiary/aromatic N) is 1. The van der Waals surface area contributed by atoms with Gasteiger partial charge in [-0.15, -0.1) is 0 Å². The van der Waals surface area contributed by atoms with E-state index in [2.05, 4.69) is 10.6 Å². The fraction of sp³-hybridized carbons (Fsp3) is 0.364. The number of carbonyl (C=O) groups is 1. The Morgan fingerprint density at radius 2 is 2.18 bits per heavy atom. The van der Waals surface area contributed by atoms with E-state index in [0.717, 1.165) is 0 Å². The van der Waals surface area contributed by atoms with Crippen LogP contribution < -0.4 is 10.6 Å². The van der Waals surface area contributed by atoms with E-state index in [0.29, 0.717) is 18.2 Å². The second-order valence-electron chi connectivity index (χ2n) is 4.04. The number of nitrogens with one attached hydrogen (secondary N) is 2. The van der Waals surface area contributed by atoms with Gasteiger partial charge in [-0.05, 0) is 12.0 Å². The van der Waals surface area contributed by atoms with Gasteiger partial charge in [-0.25, -0.2) is 4.79 Å². The van der Waals surface area contributed by atoms with E-state index >= 15 is 0 Å². The fourth-order valence-electron chi connectivity index (χ4n) is 1.17. The van der Waals surface area contributed by atoms with Gasteiger partial charge in [0.1, 0.15) is 0 Å². The Bertz CT molecular complexity index is 418. The van der Waals surface area contributed by atoms with Gasteiger partial charge in [-0.1, -0.05) is 19.9 Å². The fourth-order valence-corrected chi connectivity index (χ4v) is 1.17. The number of nitro groups is 1. The molecule has 1 aromatic rings. The minimum Gasteiger partial charge on any atom is -0.338 e. The van der Waals surface area contributed by atoms with Crippen LogP contribution in [0.1, 0.15) is 13.8 Å². The Morgan fingerprint density at radius 1 is 1.47 bits per heavy atom. The first-order valence-electron chi connectivity index (χ1n) is 5.28. The molecule has 0 aliphatic heterocycles. The third-order valence-corrected chi connectivity index (χ3v) is 1.99. The molecule has 0 saturated heterocycles. The van der Waals surface area contributed by atoms with Crippen molar-refractivity contribution in [1.82, 2.24) is 5.32 Å². The number of rotatable bonds is 4. The van der Waals surface area contributed by atoms with Crippen LogP contribution in [-0.4, -0.2) is 17.5 Å².